The fourth-order valence-corrected chi connectivity index (χ4v) is 3.75. The zero-order valence-electron chi connectivity index (χ0n) is 19.4. The monoisotopic (exact) mass is 461 g/mol. The van der Waals surface area contributed by atoms with Crippen molar-refractivity contribution in [2.24, 2.45) is 0 Å². The highest BCUT2D eigenvalue weighted by molar-refractivity contribution is 6.30. The summed E-state index contributed by atoms with van der Waals surface area (Å²) in [6, 6.07) is 13.3. The Morgan fingerprint density at radius 2 is 1.84 bits per heavy atom. The van der Waals surface area contributed by atoms with E-state index < -0.39 is 0 Å². The zero-order chi connectivity index (χ0) is 23.3. The number of ether oxygens (including phenoxy) is 1. The molecule has 1 heterocycles. The number of phenols is 1. The second-order valence-corrected chi connectivity index (χ2v) is 8.13. The average molecular weight is 462 g/mol. The molecule has 3 N–H and O–H groups in total. The number of phenolic OH excluding ortho intramolecular Hbond substituents is 1. The first-order chi connectivity index (χ1) is 15.5. The quantitative estimate of drug-likeness (QED) is 0.360. The molecule has 0 aliphatic carbocycles. The molecule has 0 radical (unpaired) electrons. The van der Waals surface area contributed by atoms with Gasteiger partial charge in [0.2, 0.25) is 5.91 Å². The molecule has 2 aromatic carbocycles. The van der Waals surface area contributed by atoms with Gasteiger partial charge in [-0.2, -0.15) is 0 Å². The fourth-order valence-electron chi connectivity index (χ4n) is 3.63. The Hall–Kier alpha value is -2.28. The summed E-state index contributed by atoms with van der Waals surface area (Å²) in [6.45, 7) is 9.97. The summed E-state index contributed by atoms with van der Waals surface area (Å²) in [5, 5.41) is 16.8. The van der Waals surface area contributed by atoms with Gasteiger partial charge in [0.1, 0.15) is 11.5 Å². The van der Waals surface area contributed by atoms with Crippen molar-refractivity contribution in [2.45, 2.75) is 52.6 Å². The molecule has 0 atom stereocenters. The number of hydrogen-bond donors (Lipinski definition) is 3. The fraction of sp³-hybridized carbons (Fsp3) is 0.480. The summed E-state index contributed by atoms with van der Waals surface area (Å²) in [5.41, 5.74) is 1.87. The maximum Gasteiger partial charge on any atom is 0.221 e. The van der Waals surface area contributed by atoms with Gasteiger partial charge in [0, 0.05) is 30.6 Å². The summed E-state index contributed by atoms with van der Waals surface area (Å²) in [7, 11) is 0. The lowest BCUT2D eigenvalue weighted by Crippen LogP contribution is -2.42. The predicted octanol–water partition coefficient (Wildman–Crippen LogP) is 5.05. The molecule has 0 bridgehead atoms. The van der Waals surface area contributed by atoms with Gasteiger partial charge in [-0.15, -0.1) is 0 Å². The second kappa shape index (κ2) is 14.0. The number of nitrogens with zero attached hydrogens (tertiary/aromatic N) is 1. The van der Waals surface area contributed by atoms with Gasteiger partial charge in [-0.05, 0) is 68.7 Å². The Balaban J connectivity index is 0.00000176. The van der Waals surface area contributed by atoms with Crippen molar-refractivity contribution in [2.75, 3.05) is 31.6 Å². The normalized spacial score (nSPS) is 14.4. The molecular formula is C25H36ClN3O3. The van der Waals surface area contributed by atoms with E-state index in [-0.39, 0.29) is 11.7 Å². The first-order valence-electron chi connectivity index (χ1n) is 11.4. The van der Waals surface area contributed by atoms with Crippen LogP contribution in [0.25, 0.3) is 0 Å². The predicted molar refractivity (Wildman–Crippen MR) is 132 cm³/mol. The molecule has 3 rings (SSSR count). The van der Waals surface area contributed by atoms with Crippen LogP contribution in [0.3, 0.4) is 0 Å². The molecule has 0 aromatic heterocycles. The Morgan fingerprint density at radius 1 is 1.16 bits per heavy atom. The average Bonchev–Trinajstić information content (AvgIpc) is 2.79. The van der Waals surface area contributed by atoms with Crippen LogP contribution < -0.4 is 15.4 Å². The molecule has 1 aliphatic heterocycles. The molecule has 1 amide bonds. The van der Waals surface area contributed by atoms with Gasteiger partial charge in [0.25, 0.3) is 0 Å². The standard InChI is InChI=1S/C23H30ClN3O3.C2H6/c1-17(28)26-22-8-7-21(29)15-23(22)30-14-2-11-25-20-9-12-27(13-10-20)16-18-3-5-19(24)6-4-18;1-2/h3-8,15,20,25,29H,2,9-14,16H2,1H3,(H,26,28);1-2H3. The molecule has 0 spiro atoms. The summed E-state index contributed by atoms with van der Waals surface area (Å²) >= 11 is 5.96. The van der Waals surface area contributed by atoms with Crippen molar-refractivity contribution in [3.63, 3.8) is 0 Å². The number of amides is 1. The van der Waals surface area contributed by atoms with Crippen molar-refractivity contribution in [1.82, 2.24) is 10.2 Å². The molecule has 0 unspecified atom stereocenters. The van der Waals surface area contributed by atoms with E-state index in [0.717, 1.165) is 50.5 Å². The number of carbonyl (C=O) groups is 1. The van der Waals surface area contributed by atoms with Crippen LogP contribution in [0.2, 0.25) is 5.02 Å². The first-order valence-corrected chi connectivity index (χ1v) is 11.8. The minimum Gasteiger partial charge on any atom is -0.508 e. The number of nitrogens with one attached hydrogen (secondary N) is 2. The number of anilines is 1. The van der Waals surface area contributed by atoms with E-state index in [1.807, 2.05) is 26.0 Å². The zero-order valence-corrected chi connectivity index (χ0v) is 20.1. The van der Waals surface area contributed by atoms with Gasteiger partial charge in [-0.25, -0.2) is 0 Å². The van der Waals surface area contributed by atoms with Crippen LogP contribution in [0.15, 0.2) is 42.5 Å². The second-order valence-electron chi connectivity index (χ2n) is 7.69. The minimum absolute atomic E-state index is 0.114. The van der Waals surface area contributed by atoms with E-state index in [2.05, 4.69) is 27.7 Å². The number of carbonyl (C=O) groups excluding carboxylic acids is 1. The highest BCUT2D eigenvalue weighted by atomic mass is 35.5. The molecule has 2 aromatic rings. The third-order valence-corrected chi connectivity index (χ3v) is 5.45. The van der Waals surface area contributed by atoms with Gasteiger partial charge in [-0.3, -0.25) is 9.69 Å². The third-order valence-electron chi connectivity index (χ3n) is 5.19. The lowest BCUT2D eigenvalue weighted by Gasteiger charge is -2.32. The molecule has 7 heteroatoms. The Labute approximate surface area is 196 Å². The SMILES string of the molecule is CC.CC(=O)Nc1ccc(O)cc1OCCCNC1CCN(Cc2ccc(Cl)cc2)CC1. The molecule has 1 aliphatic rings. The first kappa shape index (κ1) is 26.0. The molecule has 32 heavy (non-hydrogen) atoms. The van der Waals surface area contributed by atoms with Crippen molar-refractivity contribution in [3.05, 3.63) is 53.1 Å². The van der Waals surface area contributed by atoms with Gasteiger partial charge < -0.3 is 20.5 Å². The van der Waals surface area contributed by atoms with E-state index in [1.165, 1.54) is 24.6 Å². The van der Waals surface area contributed by atoms with Gasteiger partial charge >= 0.3 is 0 Å². The van der Waals surface area contributed by atoms with E-state index in [4.69, 9.17) is 16.3 Å². The van der Waals surface area contributed by atoms with Gasteiger partial charge in [0.15, 0.2) is 0 Å². The largest absolute Gasteiger partial charge is 0.508 e. The highest BCUT2D eigenvalue weighted by Gasteiger charge is 2.18. The molecule has 176 valence electrons. The van der Waals surface area contributed by atoms with Crippen molar-refractivity contribution >= 4 is 23.2 Å². The summed E-state index contributed by atoms with van der Waals surface area (Å²) < 4.78 is 5.77. The summed E-state index contributed by atoms with van der Waals surface area (Å²) in [4.78, 5) is 13.8. The molecule has 6 nitrogen and oxygen atoms in total. The number of halogens is 1. The number of aromatic hydroxyl groups is 1. The van der Waals surface area contributed by atoms with E-state index in [9.17, 15) is 9.90 Å². The number of hydrogen-bond acceptors (Lipinski definition) is 5. The van der Waals surface area contributed by atoms with Crippen LogP contribution in [0.1, 0.15) is 45.6 Å². The lowest BCUT2D eigenvalue weighted by atomic mass is 10.0. The summed E-state index contributed by atoms with van der Waals surface area (Å²) in [6.07, 6.45) is 3.11. The van der Waals surface area contributed by atoms with Gasteiger partial charge in [0.05, 0.1) is 12.3 Å². The highest BCUT2D eigenvalue weighted by Crippen LogP contribution is 2.29. The summed E-state index contributed by atoms with van der Waals surface area (Å²) in [5.74, 6) is 0.429. The van der Waals surface area contributed by atoms with Crippen LogP contribution in [-0.4, -0.2) is 48.2 Å². The third kappa shape index (κ3) is 9.07. The number of benzene rings is 2. The number of likely N-dealkylation sites (tertiary alicyclic amines) is 1. The molecule has 0 saturated carbocycles. The van der Waals surface area contributed by atoms with Crippen LogP contribution in [0.4, 0.5) is 5.69 Å². The van der Waals surface area contributed by atoms with Crippen molar-refractivity contribution in [1.29, 1.82) is 0 Å². The van der Waals surface area contributed by atoms with Crippen LogP contribution in [0.5, 0.6) is 11.5 Å². The maximum absolute atomic E-state index is 11.3. The van der Waals surface area contributed by atoms with Crippen LogP contribution in [-0.2, 0) is 11.3 Å². The van der Waals surface area contributed by atoms with Crippen LogP contribution >= 0.6 is 11.6 Å². The number of rotatable bonds is 9. The van der Waals surface area contributed by atoms with E-state index >= 15 is 0 Å². The Morgan fingerprint density at radius 3 is 2.50 bits per heavy atom. The van der Waals surface area contributed by atoms with E-state index in [1.54, 1.807) is 6.07 Å². The number of piperidine rings is 1. The minimum atomic E-state index is -0.172. The molecule has 1 fully saturated rings. The smallest absolute Gasteiger partial charge is 0.221 e. The van der Waals surface area contributed by atoms with E-state index in [0.29, 0.717) is 24.1 Å². The Bertz CT molecular complexity index is 822. The lowest BCUT2D eigenvalue weighted by molar-refractivity contribution is -0.114. The van der Waals surface area contributed by atoms with Crippen molar-refractivity contribution in [3.8, 4) is 11.5 Å². The molecule has 1 saturated heterocycles. The topological polar surface area (TPSA) is 73.8 Å². The molecular weight excluding hydrogens is 426 g/mol. The van der Waals surface area contributed by atoms with Gasteiger partial charge in [-0.1, -0.05) is 37.6 Å². The maximum atomic E-state index is 11.3. The Kier molecular flexibility index (Phi) is 11.4. The van der Waals surface area contributed by atoms with Crippen molar-refractivity contribution < 1.29 is 14.6 Å². The van der Waals surface area contributed by atoms with Crippen LogP contribution in [0, 0.1) is 0 Å².